The molecule has 216 valence electrons. The quantitative estimate of drug-likeness (QED) is 0.529. The number of carbonyl (C=O) groups is 4. The molecule has 1 saturated heterocycles. The second kappa shape index (κ2) is 14.1. The van der Waals surface area contributed by atoms with E-state index in [4.69, 9.17) is 0 Å². The lowest BCUT2D eigenvalue weighted by molar-refractivity contribution is -0.149. The fourth-order valence-electron chi connectivity index (χ4n) is 5.10. The van der Waals surface area contributed by atoms with E-state index in [2.05, 4.69) is 10.6 Å². The zero-order valence-electron chi connectivity index (χ0n) is 24.6. The molecule has 0 spiro atoms. The number of hydrogen-bond acceptors (Lipinski definition) is 4. The molecule has 0 aliphatic carbocycles. The van der Waals surface area contributed by atoms with Gasteiger partial charge in [0.1, 0.15) is 24.2 Å². The minimum Gasteiger partial charge on any atom is -0.342 e. The fourth-order valence-corrected chi connectivity index (χ4v) is 5.10. The van der Waals surface area contributed by atoms with Gasteiger partial charge in [-0.2, -0.15) is 0 Å². The van der Waals surface area contributed by atoms with E-state index in [1.807, 2.05) is 88.4 Å². The number of carbonyl (C=O) groups excluding carboxylic acids is 4. The maximum Gasteiger partial charge on any atom is 0.245 e. The van der Waals surface area contributed by atoms with Crippen molar-refractivity contribution < 1.29 is 19.2 Å². The summed E-state index contributed by atoms with van der Waals surface area (Å²) in [5.74, 6) is -1.80. The Morgan fingerprint density at radius 1 is 0.625 bits per heavy atom. The van der Waals surface area contributed by atoms with Crippen molar-refractivity contribution >= 4 is 23.6 Å². The van der Waals surface area contributed by atoms with Crippen LogP contribution in [0.2, 0.25) is 0 Å². The predicted octanol–water partition coefficient (Wildman–Crippen LogP) is 3.20. The summed E-state index contributed by atoms with van der Waals surface area (Å²) in [4.78, 5) is 58.6. The van der Waals surface area contributed by atoms with Gasteiger partial charge in [0.2, 0.25) is 23.6 Å². The molecular formula is C32H44N4O4. The van der Waals surface area contributed by atoms with Crippen LogP contribution in [0.25, 0.3) is 0 Å². The maximum absolute atomic E-state index is 14.0. The highest BCUT2D eigenvalue weighted by Gasteiger charge is 2.41. The highest BCUT2D eigenvalue weighted by Crippen LogP contribution is 2.20. The van der Waals surface area contributed by atoms with Crippen molar-refractivity contribution in [1.82, 2.24) is 20.4 Å². The molecule has 40 heavy (non-hydrogen) atoms. The lowest BCUT2D eigenvalue weighted by Gasteiger charge is -2.38. The molecular weight excluding hydrogens is 504 g/mol. The normalized spacial score (nSPS) is 24.4. The molecule has 1 aliphatic rings. The van der Waals surface area contributed by atoms with E-state index in [1.54, 1.807) is 14.1 Å². The average Bonchev–Trinajstić information content (AvgIpc) is 2.98. The predicted molar refractivity (Wildman–Crippen MR) is 156 cm³/mol. The summed E-state index contributed by atoms with van der Waals surface area (Å²) >= 11 is 0. The molecule has 1 heterocycles. The molecule has 8 nitrogen and oxygen atoms in total. The van der Waals surface area contributed by atoms with Crippen molar-refractivity contribution in [3.05, 3.63) is 71.8 Å². The minimum atomic E-state index is -0.859. The molecule has 8 heteroatoms. The van der Waals surface area contributed by atoms with Crippen molar-refractivity contribution in [2.45, 2.75) is 77.5 Å². The van der Waals surface area contributed by atoms with Gasteiger partial charge in [-0.3, -0.25) is 19.2 Å². The van der Waals surface area contributed by atoms with E-state index in [0.29, 0.717) is 12.8 Å². The standard InChI is InChI=1S/C32H44N4O4/c1-7-21(3)27-31(39)35(5)26(20-24-17-13-10-14-18-24)30(38)34-28(22(4)8-2)32(40)36(6)25(29(37)33-27)19-23-15-11-9-12-16-23/h9-18,21-22,25-28H,7-8,19-20H2,1-6H3,(H,33,37)(H,34,38)/t21-,22+,25-,26-,27-,28+/m0/s1. The lowest BCUT2D eigenvalue weighted by Crippen LogP contribution is -2.64. The monoisotopic (exact) mass is 548 g/mol. The lowest BCUT2D eigenvalue weighted by atomic mass is 9.93. The van der Waals surface area contributed by atoms with Crippen molar-refractivity contribution in [3.63, 3.8) is 0 Å². The third kappa shape index (κ3) is 7.29. The number of nitrogens with zero attached hydrogens (tertiary/aromatic N) is 2. The van der Waals surface area contributed by atoms with Gasteiger partial charge >= 0.3 is 0 Å². The molecule has 2 aromatic carbocycles. The van der Waals surface area contributed by atoms with E-state index in [9.17, 15) is 19.2 Å². The van der Waals surface area contributed by atoms with Gasteiger partial charge < -0.3 is 20.4 Å². The molecule has 0 radical (unpaired) electrons. The smallest absolute Gasteiger partial charge is 0.245 e. The summed E-state index contributed by atoms with van der Waals surface area (Å²) in [7, 11) is 3.22. The number of rotatable bonds is 8. The van der Waals surface area contributed by atoms with Gasteiger partial charge in [-0.25, -0.2) is 0 Å². The van der Waals surface area contributed by atoms with E-state index >= 15 is 0 Å². The Morgan fingerprint density at radius 3 is 1.25 bits per heavy atom. The first-order valence-electron chi connectivity index (χ1n) is 14.3. The molecule has 2 N–H and O–H groups in total. The van der Waals surface area contributed by atoms with Crippen LogP contribution in [0.5, 0.6) is 0 Å². The van der Waals surface area contributed by atoms with Gasteiger partial charge in [-0.05, 0) is 23.0 Å². The van der Waals surface area contributed by atoms with Crippen molar-refractivity contribution in [2.75, 3.05) is 14.1 Å². The molecule has 4 amide bonds. The third-order valence-electron chi connectivity index (χ3n) is 8.33. The molecule has 0 unspecified atom stereocenters. The molecule has 1 aliphatic heterocycles. The van der Waals surface area contributed by atoms with Crippen LogP contribution in [0.4, 0.5) is 0 Å². The third-order valence-corrected chi connectivity index (χ3v) is 8.33. The summed E-state index contributed by atoms with van der Waals surface area (Å²) in [6.45, 7) is 7.74. The zero-order chi connectivity index (χ0) is 29.4. The fraction of sp³-hybridized carbons (Fsp3) is 0.500. The summed E-state index contributed by atoms with van der Waals surface area (Å²) in [6.07, 6.45) is 1.86. The van der Waals surface area contributed by atoms with Gasteiger partial charge in [0.15, 0.2) is 0 Å². The van der Waals surface area contributed by atoms with Gasteiger partial charge in [0.25, 0.3) is 0 Å². The second-order valence-corrected chi connectivity index (χ2v) is 11.1. The summed E-state index contributed by atoms with van der Waals surface area (Å²) in [5, 5.41) is 5.98. The van der Waals surface area contributed by atoms with Crippen LogP contribution in [-0.2, 0) is 32.0 Å². The van der Waals surface area contributed by atoms with E-state index in [1.165, 1.54) is 9.80 Å². The topological polar surface area (TPSA) is 98.8 Å². The second-order valence-electron chi connectivity index (χ2n) is 11.1. The largest absolute Gasteiger partial charge is 0.342 e. The van der Waals surface area contributed by atoms with Gasteiger partial charge in [0.05, 0.1) is 0 Å². The van der Waals surface area contributed by atoms with Crippen LogP contribution in [0.1, 0.15) is 51.7 Å². The van der Waals surface area contributed by atoms with Gasteiger partial charge in [0, 0.05) is 26.9 Å². The Bertz CT molecular complexity index is 1060. The van der Waals surface area contributed by atoms with Crippen molar-refractivity contribution in [2.24, 2.45) is 11.8 Å². The number of hydrogen-bond donors (Lipinski definition) is 2. The summed E-state index contributed by atoms with van der Waals surface area (Å²) < 4.78 is 0. The Balaban J connectivity index is 2.09. The highest BCUT2D eigenvalue weighted by molar-refractivity contribution is 5.97. The Kier molecular flexibility index (Phi) is 10.9. The molecule has 1 fully saturated rings. The highest BCUT2D eigenvalue weighted by atomic mass is 16.2. The summed E-state index contributed by atoms with van der Waals surface area (Å²) in [6, 6.07) is 15.6. The van der Waals surface area contributed by atoms with Crippen molar-refractivity contribution in [3.8, 4) is 0 Å². The van der Waals surface area contributed by atoms with Crippen LogP contribution >= 0.6 is 0 Å². The summed E-state index contributed by atoms with van der Waals surface area (Å²) in [5.41, 5.74) is 1.79. The van der Waals surface area contributed by atoms with Crippen LogP contribution in [0.3, 0.4) is 0 Å². The molecule has 0 bridgehead atoms. The molecule has 2 aromatic rings. The Hall–Kier alpha value is -3.68. The molecule has 6 atom stereocenters. The average molecular weight is 549 g/mol. The van der Waals surface area contributed by atoms with Crippen LogP contribution in [0.15, 0.2) is 60.7 Å². The van der Waals surface area contributed by atoms with E-state index < -0.39 is 24.2 Å². The number of nitrogens with one attached hydrogen (secondary N) is 2. The van der Waals surface area contributed by atoms with Gasteiger partial charge in [-0.1, -0.05) is 101 Å². The van der Waals surface area contributed by atoms with E-state index in [0.717, 1.165) is 11.1 Å². The first-order chi connectivity index (χ1) is 19.1. The maximum atomic E-state index is 14.0. The van der Waals surface area contributed by atoms with Crippen molar-refractivity contribution in [1.29, 1.82) is 0 Å². The number of amides is 4. The van der Waals surface area contributed by atoms with Crippen LogP contribution in [-0.4, -0.2) is 71.7 Å². The minimum absolute atomic E-state index is 0.187. The Morgan fingerprint density at radius 2 is 0.950 bits per heavy atom. The van der Waals surface area contributed by atoms with Crippen LogP contribution < -0.4 is 10.6 Å². The van der Waals surface area contributed by atoms with Gasteiger partial charge in [-0.15, -0.1) is 0 Å². The number of benzene rings is 2. The Labute approximate surface area is 238 Å². The zero-order valence-corrected chi connectivity index (χ0v) is 24.6. The van der Waals surface area contributed by atoms with Crippen LogP contribution in [0, 0.1) is 11.8 Å². The SMILES string of the molecule is CC[C@@H](C)[C@H]1NC(=O)[C@H](Cc2ccccc2)N(C)C(=O)[C@H]([C@@H](C)CC)NC(=O)[C@H](Cc2ccccc2)N(C)C1=O. The number of likely N-dealkylation sites (N-methyl/N-ethyl adjacent to an activating group) is 2. The molecule has 0 saturated carbocycles. The molecule has 0 aromatic heterocycles. The van der Waals surface area contributed by atoms with E-state index in [-0.39, 0.29) is 48.3 Å². The molecule has 3 rings (SSSR count). The first kappa shape index (κ1) is 30.9. The first-order valence-corrected chi connectivity index (χ1v) is 14.3.